The van der Waals surface area contributed by atoms with Crippen molar-refractivity contribution in [3.63, 3.8) is 0 Å². The van der Waals surface area contributed by atoms with Gasteiger partial charge in [0.15, 0.2) is 6.61 Å². The van der Waals surface area contributed by atoms with Gasteiger partial charge in [0.2, 0.25) is 0 Å². The molecular formula is C14H20N2O2. The SMILES string of the molecule is CN1C(=O)COc2cc(CCC(C)(C)N)ccc21. The Labute approximate surface area is 108 Å². The maximum Gasteiger partial charge on any atom is 0.264 e. The van der Waals surface area contributed by atoms with Crippen LogP contribution in [-0.2, 0) is 11.2 Å². The Morgan fingerprint density at radius 2 is 2.17 bits per heavy atom. The molecule has 2 N–H and O–H groups in total. The molecule has 1 aliphatic rings. The zero-order chi connectivity index (χ0) is 13.3. The van der Waals surface area contributed by atoms with Crippen LogP contribution in [0.15, 0.2) is 18.2 Å². The molecular weight excluding hydrogens is 228 g/mol. The van der Waals surface area contributed by atoms with Crippen molar-refractivity contribution in [2.75, 3.05) is 18.6 Å². The van der Waals surface area contributed by atoms with Crippen LogP contribution in [0.4, 0.5) is 5.69 Å². The van der Waals surface area contributed by atoms with Gasteiger partial charge in [-0.1, -0.05) is 6.07 Å². The fourth-order valence-corrected chi connectivity index (χ4v) is 1.94. The number of fused-ring (bicyclic) bond motifs is 1. The average molecular weight is 248 g/mol. The van der Waals surface area contributed by atoms with Gasteiger partial charge in [0.05, 0.1) is 5.69 Å². The standard InChI is InChI=1S/C14H20N2O2/c1-14(2,15)7-6-10-4-5-11-12(8-10)18-9-13(17)16(11)3/h4-5,8H,6-7,9,15H2,1-3H3. The Balaban J connectivity index is 2.15. The van der Waals surface area contributed by atoms with Crippen LogP contribution in [0.5, 0.6) is 5.75 Å². The van der Waals surface area contributed by atoms with E-state index in [0.717, 1.165) is 24.3 Å². The quantitative estimate of drug-likeness (QED) is 0.886. The van der Waals surface area contributed by atoms with Crippen LogP contribution in [0.2, 0.25) is 0 Å². The number of likely N-dealkylation sites (N-methyl/N-ethyl adjacent to an activating group) is 1. The second-order valence-corrected chi connectivity index (χ2v) is 5.53. The lowest BCUT2D eigenvalue weighted by molar-refractivity contribution is -0.120. The van der Waals surface area contributed by atoms with Gasteiger partial charge in [-0.2, -0.15) is 0 Å². The molecule has 1 aliphatic heterocycles. The highest BCUT2D eigenvalue weighted by atomic mass is 16.5. The van der Waals surface area contributed by atoms with Crippen molar-refractivity contribution in [2.24, 2.45) is 5.73 Å². The molecule has 0 atom stereocenters. The predicted molar refractivity (Wildman–Crippen MR) is 71.9 cm³/mol. The van der Waals surface area contributed by atoms with Crippen LogP contribution in [0, 0.1) is 0 Å². The second-order valence-electron chi connectivity index (χ2n) is 5.53. The zero-order valence-electron chi connectivity index (χ0n) is 11.2. The Morgan fingerprint density at radius 3 is 2.83 bits per heavy atom. The van der Waals surface area contributed by atoms with Gasteiger partial charge >= 0.3 is 0 Å². The fourth-order valence-electron chi connectivity index (χ4n) is 1.94. The number of carbonyl (C=O) groups is 1. The van der Waals surface area contributed by atoms with Gasteiger partial charge in [-0.15, -0.1) is 0 Å². The van der Waals surface area contributed by atoms with Gasteiger partial charge in [0.25, 0.3) is 5.91 Å². The molecule has 0 fully saturated rings. The molecule has 0 bridgehead atoms. The number of ether oxygens (including phenoxy) is 1. The molecule has 1 aromatic rings. The van der Waals surface area contributed by atoms with Gasteiger partial charge in [0, 0.05) is 12.6 Å². The van der Waals surface area contributed by atoms with E-state index in [-0.39, 0.29) is 18.1 Å². The van der Waals surface area contributed by atoms with Crippen LogP contribution in [0.1, 0.15) is 25.8 Å². The number of benzene rings is 1. The summed E-state index contributed by atoms with van der Waals surface area (Å²) >= 11 is 0. The van der Waals surface area contributed by atoms with E-state index in [2.05, 4.69) is 0 Å². The van der Waals surface area contributed by atoms with Crippen molar-refractivity contribution < 1.29 is 9.53 Å². The molecule has 2 rings (SSSR count). The maximum atomic E-state index is 11.5. The molecule has 0 saturated carbocycles. The summed E-state index contributed by atoms with van der Waals surface area (Å²) in [4.78, 5) is 13.1. The Morgan fingerprint density at radius 1 is 1.44 bits per heavy atom. The van der Waals surface area contributed by atoms with Crippen molar-refractivity contribution in [2.45, 2.75) is 32.2 Å². The summed E-state index contributed by atoms with van der Waals surface area (Å²) in [6.45, 7) is 4.16. The van der Waals surface area contributed by atoms with E-state index in [0.29, 0.717) is 0 Å². The molecule has 1 heterocycles. The largest absolute Gasteiger partial charge is 0.482 e. The number of aryl methyl sites for hydroxylation is 1. The molecule has 18 heavy (non-hydrogen) atoms. The van der Waals surface area contributed by atoms with E-state index in [1.807, 2.05) is 32.0 Å². The minimum atomic E-state index is -0.163. The third kappa shape index (κ3) is 2.82. The predicted octanol–water partition coefficient (Wildman–Crippen LogP) is 1.71. The normalized spacial score (nSPS) is 15.3. The number of rotatable bonds is 3. The molecule has 0 aromatic heterocycles. The van der Waals surface area contributed by atoms with Crippen LogP contribution in [-0.4, -0.2) is 25.1 Å². The minimum Gasteiger partial charge on any atom is -0.482 e. The van der Waals surface area contributed by atoms with Gasteiger partial charge in [0.1, 0.15) is 5.75 Å². The van der Waals surface area contributed by atoms with Crippen LogP contribution in [0.25, 0.3) is 0 Å². The first kappa shape index (κ1) is 12.9. The molecule has 4 heteroatoms. The third-order valence-corrected chi connectivity index (χ3v) is 3.17. The molecule has 98 valence electrons. The third-order valence-electron chi connectivity index (χ3n) is 3.17. The summed E-state index contributed by atoms with van der Waals surface area (Å²) in [6.07, 6.45) is 1.83. The van der Waals surface area contributed by atoms with E-state index in [1.165, 1.54) is 5.56 Å². The van der Waals surface area contributed by atoms with E-state index >= 15 is 0 Å². The van der Waals surface area contributed by atoms with E-state index in [9.17, 15) is 4.79 Å². The lowest BCUT2D eigenvalue weighted by Gasteiger charge is -2.26. The lowest BCUT2D eigenvalue weighted by atomic mass is 9.96. The number of nitrogens with zero attached hydrogens (tertiary/aromatic N) is 1. The van der Waals surface area contributed by atoms with Crippen molar-refractivity contribution in [3.8, 4) is 5.75 Å². The monoisotopic (exact) mass is 248 g/mol. The van der Waals surface area contributed by atoms with Crippen molar-refractivity contribution in [1.29, 1.82) is 0 Å². The lowest BCUT2D eigenvalue weighted by Crippen LogP contribution is -2.35. The van der Waals surface area contributed by atoms with Gasteiger partial charge in [-0.3, -0.25) is 4.79 Å². The highest BCUT2D eigenvalue weighted by Gasteiger charge is 2.22. The molecule has 0 unspecified atom stereocenters. The van der Waals surface area contributed by atoms with E-state index < -0.39 is 0 Å². The zero-order valence-corrected chi connectivity index (χ0v) is 11.2. The summed E-state index contributed by atoms with van der Waals surface area (Å²) in [5, 5.41) is 0. The van der Waals surface area contributed by atoms with E-state index in [1.54, 1.807) is 11.9 Å². The van der Waals surface area contributed by atoms with Gasteiger partial charge < -0.3 is 15.4 Å². The Kier molecular flexibility index (Phi) is 3.30. The summed E-state index contributed by atoms with van der Waals surface area (Å²) in [5.41, 5.74) is 7.84. The molecule has 0 spiro atoms. The second kappa shape index (κ2) is 4.61. The maximum absolute atomic E-state index is 11.5. The van der Waals surface area contributed by atoms with Gasteiger partial charge in [-0.05, 0) is 44.4 Å². The average Bonchev–Trinajstić information content (AvgIpc) is 2.30. The molecule has 1 aromatic carbocycles. The molecule has 0 aliphatic carbocycles. The topological polar surface area (TPSA) is 55.6 Å². The molecule has 0 saturated heterocycles. The molecule has 1 amide bonds. The number of carbonyl (C=O) groups excluding carboxylic acids is 1. The highest BCUT2D eigenvalue weighted by molar-refractivity contribution is 5.97. The first-order valence-electron chi connectivity index (χ1n) is 6.18. The van der Waals surface area contributed by atoms with Crippen molar-refractivity contribution in [1.82, 2.24) is 0 Å². The van der Waals surface area contributed by atoms with Crippen molar-refractivity contribution in [3.05, 3.63) is 23.8 Å². The molecule has 4 nitrogen and oxygen atoms in total. The van der Waals surface area contributed by atoms with Crippen LogP contribution in [0.3, 0.4) is 0 Å². The van der Waals surface area contributed by atoms with Crippen molar-refractivity contribution >= 4 is 11.6 Å². The Bertz CT molecular complexity index is 463. The summed E-state index contributed by atoms with van der Waals surface area (Å²) < 4.78 is 5.46. The molecule has 0 radical (unpaired) electrons. The first-order chi connectivity index (χ1) is 8.37. The summed E-state index contributed by atoms with van der Waals surface area (Å²) in [7, 11) is 1.77. The number of nitrogens with two attached hydrogens (primary N) is 1. The fraction of sp³-hybridized carbons (Fsp3) is 0.500. The van der Waals surface area contributed by atoms with Crippen LogP contribution < -0.4 is 15.4 Å². The Hall–Kier alpha value is -1.55. The number of anilines is 1. The summed E-state index contributed by atoms with van der Waals surface area (Å²) in [6, 6.07) is 5.97. The highest BCUT2D eigenvalue weighted by Crippen LogP contribution is 2.32. The minimum absolute atomic E-state index is 0.0154. The van der Waals surface area contributed by atoms with Gasteiger partial charge in [-0.25, -0.2) is 0 Å². The van der Waals surface area contributed by atoms with Crippen LogP contribution >= 0.6 is 0 Å². The first-order valence-corrected chi connectivity index (χ1v) is 6.18. The number of hydrogen-bond acceptors (Lipinski definition) is 3. The summed E-state index contributed by atoms with van der Waals surface area (Å²) in [5.74, 6) is 0.766. The van der Waals surface area contributed by atoms with E-state index in [4.69, 9.17) is 10.5 Å². The number of amides is 1. The smallest absolute Gasteiger partial charge is 0.264 e. The number of hydrogen-bond donors (Lipinski definition) is 1.